The fourth-order valence-electron chi connectivity index (χ4n) is 1.06. The molecule has 14 heavy (non-hydrogen) atoms. The van der Waals surface area contributed by atoms with Gasteiger partial charge in [0.25, 0.3) is 0 Å². The Bertz CT molecular complexity index is 297. The summed E-state index contributed by atoms with van der Waals surface area (Å²) in [5.74, 6) is 0.270. The fourth-order valence-corrected chi connectivity index (χ4v) is 1.06. The molecule has 0 aliphatic heterocycles. The largest absolute Gasteiger partial charge is 0.508 e. The van der Waals surface area contributed by atoms with E-state index in [-0.39, 0.29) is 17.9 Å². The van der Waals surface area contributed by atoms with Gasteiger partial charge in [0.1, 0.15) is 5.75 Å². The molecule has 0 radical (unpaired) electrons. The molecule has 0 fully saturated rings. The van der Waals surface area contributed by atoms with Gasteiger partial charge in [-0.25, -0.2) is 0 Å². The van der Waals surface area contributed by atoms with Crippen LogP contribution in [-0.4, -0.2) is 22.4 Å². The second-order valence-electron chi connectivity index (χ2n) is 4.07. The summed E-state index contributed by atoms with van der Waals surface area (Å²) in [5.41, 5.74) is 0.720. The highest BCUT2D eigenvalue weighted by Crippen LogP contribution is 2.11. The third-order valence-electron chi connectivity index (χ3n) is 2.08. The van der Waals surface area contributed by atoms with Gasteiger partial charge in [-0.05, 0) is 31.5 Å². The van der Waals surface area contributed by atoms with Crippen molar-refractivity contribution in [3.63, 3.8) is 0 Å². The second kappa shape index (κ2) is 4.44. The lowest BCUT2D eigenvalue weighted by Gasteiger charge is -2.23. The van der Waals surface area contributed by atoms with Gasteiger partial charge in [-0.15, -0.1) is 0 Å². The number of hydrogen-bond donors (Lipinski definition) is 3. The van der Waals surface area contributed by atoms with Gasteiger partial charge in [0, 0.05) is 12.1 Å². The van der Waals surface area contributed by atoms with Crippen molar-refractivity contribution in [2.75, 3.05) is 6.61 Å². The van der Waals surface area contributed by atoms with Crippen LogP contribution in [0.15, 0.2) is 24.3 Å². The summed E-state index contributed by atoms with van der Waals surface area (Å²) >= 11 is 0. The van der Waals surface area contributed by atoms with Gasteiger partial charge in [0.2, 0.25) is 0 Å². The Morgan fingerprint density at radius 1 is 1.36 bits per heavy atom. The monoisotopic (exact) mass is 195 g/mol. The van der Waals surface area contributed by atoms with Gasteiger partial charge in [-0.3, -0.25) is 0 Å². The van der Waals surface area contributed by atoms with Crippen LogP contribution in [0.2, 0.25) is 0 Å². The number of benzene rings is 1. The summed E-state index contributed by atoms with van der Waals surface area (Å²) in [6.07, 6.45) is 0. The Morgan fingerprint density at radius 3 is 2.64 bits per heavy atom. The molecule has 1 aromatic carbocycles. The zero-order valence-corrected chi connectivity index (χ0v) is 8.62. The number of aliphatic hydroxyl groups excluding tert-OH is 1. The molecule has 3 nitrogen and oxygen atoms in total. The van der Waals surface area contributed by atoms with E-state index in [1.807, 2.05) is 19.9 Å². The van der Waals surface area contributed by atoms with Crippen molar-refractivity contribution in [3.05, 3.63) is 29.8 Å². The Kier molecular flexibility index (Phi) is 3.49. The van der Waals surface area contributed by atoms with Crippen molar-refractivity contribution in [2.45, 2.75) is 25.9 Å². The van der Waals surface area contributed by atoms with E-state index in [9.17, 15) is 5.11 Å². The van der Waals surface area contributed by atoms with Crippen molar-refractivity contribution in [1.29, 1.82) is 0 Å². The minimum atomic E-state index is -0.286. The van der Waals surface area contributed by atoms with E-state index in [2.05, 4.69) is 5.32 Å². The molecule has 0 saturated heterocycles. The molecule has 0 aromatic heterocycles. The molecule has 0 unspecified atom stereocenters. The summed E-state index contributed by atoms with van der Waals surface area (Å²) in [6.45, 7) is 4.58. The van der Waals surface area contributed by atoms with Gasteiger partial charge in [-0.1, -0.05) is 12.1 Å². The summed E-state index contributed by atoms with van der Waals surface area (Å²) < 4.78 is 0. The van der Waals surface area contributed by atoms with Crippen molar-refractivity contribution >= 4 is 0 Å². The maximum absolute atomic E-state index is 9.22. The van der Waals surface area contributed by atoms with Crippen LogP contribution < -0.4 is 5.32 Å². The Balaban J connectivity index is 2.54. The topological polar surface area (TPSA) is 52.5 Å². The maximum atomic E-state index is 9.22. The zero-order chi connectivity index (χ0) is 10.6. The summed E-state index contributed by atoms with van der Waals surface area (Å²) in [7, 11) is 0. The van der Waals surface area contributed by atoms with Gasteiger partial charge in [0.15, 0.2) is 0 Å². The molecule has 0 aliphatic rings. The van der Waals surface area contributed by atoms with E-state index < -0.39 is 0 Å². The first kappa shape index (κ1) is 11.0. The third kappa shape index (κ3) is 3.36. The molecular formula is C11H17NO2. The number of hydrogen-bond acceptors (Lipinski definition) is 3. The molecule has 0 bridgehead atoms. The lowest BCUT2D eigenvalue weighted by atomic mass is 10.1. The lowest BCUT2D eigenvalue weighted by Crippen LogP contribution is -2.42. The van der Waals surface area contributed by atoms with Crippen molar-refractivity contribution in [2.24, 2.45) is 0 Å². The van der Waals surface area contributed by atoms with Gasteiger partial charge < -0.3 is 15.5 Å². The SMILES string of the molecule is CC(C)(CO)NCc1cccc(O)c1. The molecular weight excluding hydrogens is 178 g/mol. The summed E-state index contributed by atoms with van der Waals surface area (Å²) in [4.78, 5) is 0. The van der Waals surface area contributed by atoms with Crippen LogP contribution in [0, 0.1) is 0 Å². The highest BCUT2D eigenvalue weighted by molar-refractivity contribution is 5.27. The molecule has 1 aromatic rings. The predicted octanol–water partition coefficient (Wildman–Crippen LogP) is 1.25. The van der Waals surface area contributed by atoms with E-state index in [1.165, 1.54) is 0 Å². The van der Waals surface area contributed by atoms with E-state index in [0.717, 1.165) is 5.56 Å². The van der Waals surface area contributed by atoms with Crippen LogP contribution in [0.3, 0.4) is 0 Å². The number of aliphatic hydroxyl groups is 1. The molecule has 0 atom stereocenters. The minimum absolute atomic E-state index is 0.0891. The lowest BCUT2D eigenvalue weighted by molar-refractivity contribution is 0.187. The number of phenols is 1. The maximum Gasteiger partial charge on any atom is 0.115 e. The Labute approximate surface area is 84.4 Å². The third-order valence-corrected chi connectivity index (χ3v) is 2.08. The molecule has 0 spiro atoms. The van der Waals surface area contributed by atoms with Crippen molar-refractivity contribution < 1.29 is 10.2 Å². The van der Waals surface area contributed by atoms with E-state index in [0.29, 0.717) is 6.54 Å². The van der Waals surface area contributed by atoms with Crippen LogP contribution in [-0.2, 0) is 6.54 Å². The Morgan fingerprint density at radius 2 is 2.07 bits per heavy atom. The molecule has 3 N–H and O–H groups in total. The molecule has 0 heterocycles. The highest BCUT2D eigenvalue weighted by atomic mass is 16.3. The first-order chi connectivity index (χ1) is 6.53. The fraction of sp³-hybridized carbons (Fsp3) is 0.455. The van der Waals surface area contributed by atoms with Crippen molar-refractivity contribution in [3.8, 4) is 5.75 Å². The summed E-state index contributed by atoms with van der Waals surface area (Å²) in [5, 5.41) is 21.4. The molecule has 0 saturated carbocycles. The van der Waals surface area contributed by atoms with Gasteiger partial charge in [-0.2, -0.15) is 0 Å². The highest BCUT2D eigenvalue weighted by Gasteiger charge is 2.14. The average molecular weight is 195 g/mol. The van der Waals surface area contributed by atoms with E-state index in [4.69, 9.17) is 5.11 Å². The first-order valence-corrected chi connectivity index (χ1v) is 4.67. The first-order valence-electron chi connectivity index (χ1n) is 4.67. The van der Waals surface area contributed by atoms with E-state index in [1.54, 1.807) is 18.2 Å². The van der Waals surface area contributed by atoms with Gasteiger partial charge >= 0.3 is 0 Å². The summed E-state index contributed by atoms with van der Waals surface area (Å²) in [6, 6.07) is 7.08. The standard InChI is InChI=1S/C11H17NO2/c1-11(2,8-13)12-7-9-4-3-5-10(14)6-9/h3-6,12-14H,7-8H2,1-2H3. The van der Waals surface area contributed by atoms with Crippen molar-refractivity contribution in [1.82, 2.24) is 5.32 Å². The molecule has 78 valence electrons. The number of rotatable bonds is 4. The Hall–Kier alpha value is -1.06. The smallest absolute Gasteiger partial charge is 0.115 e. The van der Waals surface area contributed by atoms with Crippen LogP contribution in [0.4, 0.5) is 0 Å². The minimum Gasteiger partial charge on any atom is -0.508 e. The van der Waals surface area contributed by atoms with Crippen LogP contribution in [0.5, 0.6) is 5.75 Å². The normalized spacial score (nSPS) is 11.6. The molecule has 0 amide bonds. The number of nitrogens with one attached hydrogen (secondary N) is 1. The second-order valence-corrected chi connectivity index (χ2v) is 4.07. The van der Waals surface area contributed by atoms with Crippen LogP contribution >= 0.6 is 0 Å². The molecule has 1 rings (SSSR count). The number of aromatic hydroxyl groups is 1. The quantitative estimate of drug-likeness (QED) is 0.677. The predicted molar refractivity (Wildman–Crippen MR) is 56.1 cm³/mol. The average Bonchev–Trinajstić information content (AvgIpc) is 2.15. The zero-order valence-electron chi connectivity index (χ0n) is 8.62. The van der Waals surface area contributed by atoms with Gasteiger partial charge in [0.05, 0.1) is 6.61 Å². The molecule has 3 heteroatoms. The van der Waals surface area contributed by atoms with E-state index >= 15 is 0 Å². The van der Waals surface area contributed by atoms with Crippen LogP contribution in [0.25, 0.3) is 0 Å². The number of phenolic OH excluding ortho intramolecular Hbond substituents is 1. The molecule has 0 aliphatic carbocycles. The van der Waals surface area contributed by atoms with Crippen LogP contribution in [0.1, 0.15) is 19.4 Å².